The molecule has 3 rings (SSSR count). The summed E-state index contributed by atoms with van der Waals surface area (Å²) in [6.45, 7) is 6.87. The van der Waals surface area contributed by atoms with E-state index in [4.69, 9.17) is 4.98 Å². The average Bonchev–Trinajstić information content (AvgIpc) is 2.65. The number of rotatable bonds is 8. The molecule has 0 bridgehead atoms. The maximum absolute atomic E-state index is 4.82. The molecule has 1 aromatic carbocycles. The van der Waals surface area contributed by atoms with Crippen LogP contribution in [0.5, 0.6) is 0 Å². The van der Waals surface area contributed by atoms with Crippen LogP contribution in [-0.2, 0) is 0 Å². The van der Waals surface area contributed by atoms with Crippen LogP contribution >= 0.6 is 11.3 Å². The predicted molar refractivity (Wildman–Crippen MR) is 110 cm³/mol. The van der Waals surface area contributed by atoms with E-state index in [1.807, 2.05) is 11.3 Å². The average molecular weight is 354 g/mol. The van der Waals surface area contributed by atoms with Crippen LogP contribution in [-0.4, -0.2) is 18.1 Å². The van der Waals surface area contributed by atoms with Gasteiger partial charge in [-0.15, -0.1) is 11.3 Å². The summed E-state index contributed by atoms with van der Waals surface area (Å²) in [6.07, 6.45) is 7.73. The van der Waals surface area contributed by atoms with Gasteiger partial charge in [0.2, 0.25) is 5.36 Å². The second-order valence-corrected chi connectivity index (χ2v) is 7.82. The van der Waals surface area contributed by atoms with Gasteiger partial charge >= 0.3 is 0 Å². The van der Waals surface area contributed by atoms with Crippen LogP contribution in [0.15, 0.2) is 42.5 Å². The fraction of sp³-hybridized carbons (Fsp3) is 0.455. The quantitative estimate of drug-likeness (QED) is 0.294. The normalized spacial score (nSPS) is 11.3. The topological polar surface area (TPSA) is 15.9 Å². The molecule has 2 aliphatic rings. The first-order chi connectivity index (χ1) is 12.3. The smallest absolute Gasteiger partial charge is 0.201 e. The Morgan fingerprint density at radius 3 is 2.32 bits per heavy atom. The number of benzene rings is 2. The van der Waals surface area contributed by atoms with Crippen LogP contribution in [0.3, 0.4) is 0 Å². The molecule has 25 heavy (non-hydrogen) atoms. The third-order valence-electron chi connectivity index (χ3n) is 4.70. The van der Waals surface area contributed by atoms with Crippen molar-refractivity contribution in [1.29, 1.82) is 0 Å². The molecule has 0 atom stereocenters. The van der Waals surface area contributed by atoms with Crippen LogP contribution in [0.1, 0.15) is 52.4 Å². The van der Waals surface area contributed by atoms with Crippen molar-refractivity contribution in [2.75, 3.05) is 13.1 Å². The lowest BCUT2D eigenvalue weighted by molar-refractivity contribution is 0.509. The molecule has 0 fully saturated rings. The van der Waals surface area contributed by atoms with E-state index in [0.717, 1.165) is 24.3 Å². The van der Waals surface area contributed by atoms with E-state index in [1.54, 1.807) is 0 Å². The monoisotopic (exact) mass is 353 g/mol. The van der Waals surface area contributed by atoms with Crippen molar-refractivity contribution in [2.45, 2.75) is 52.4 Å². The van der Waals surface area contributed by atoms with Gasteiger partial charge in [-0.25, -0.2) is 9.56 Å². The molecule has 2 nitrogen and oxygen atoms in total. The molecular weight excluding hydrogens is 324 g/mol. The second-order valence-electron chi connectivity index (χ2n) is 6.73. The Morgan fingerprint density at radius 1 is 0.880 bits per heavy atom. The third-order valence-corrected chi connectivity index (χ3v) is 5.81. The number of para-hydroxylation sites is 1. The van der Waals surface area contributed by atoms with E-state index < -0.39 is 0 Å². The summed E-state index contributed by atoms with van der Waals surface area (Å²) >= 11 is 1.85. The van der Waals surface area contributed by atoms with E-state index in [1.165, 1.54) is 53.5 Å². The Labute approximate surface area is 155 Å². The van der Waals surface area contributed by atoms with Gasteiger partial charge in [0.25, 0.3) is 0 Å². The van der Waals surface area contributed by atoms with Crippen molar-refractivity contribution in [2.24, 2.45) is 0 Å². The summed E-state index contributed by atoms with van der Waals surface area (Å²) < 4.78 is 3.84. The first-order valence-corrected chi connectivity index (χ1v) is 10.5. The standard InChI is InChI=1S/C22H29N2S/c1-3-5-9-15-24(16-10-6-4-2)18-13-14-20-22(17-18)25-21-12-8-7-11-19(21)23-20/h7-8,11-14,17H,3-6,9-10,15-16H2,1-2H3/q+1. The van der Waals surface area contributed by atoms with Gasteiger partial charge in [-0.05, 0) is 31.0 Å². The zero-order valence-electron chi connectivity index (χ0n) is 15.5. The largest absolute Gasteiger partial charge is 0.246 e. The molecule has 0 saturated heterocycles. The molecule has 1 aromatic rings. The summed E-state index contributed by atoms with van der Waals surface area (Å²) in [5, 5.41) is 1.35. The van der Waals surface area contributed by atoms with Crippen molar-refractivity contribution in [3.63, 3.8) is 0 Å². The van der Waals surface area contributed by atoms with Gasteiger partial charge in [-0.2, -0.15) is 0 Å². The van der Waals surface area contributed by atoms with E-state index in [9.17, 15) is 0 Å². The van der Waals surface area contributed by atoms with Crippen molar-refractivity contribution < 1.29 is 0 Å². The number of fused-ring (bicyclic) bond motifs is 2. The van der Waals surface area contributed by atoms with Gasteiger partial charge in [-0.1, -0.05) is 38.8 Å². The number of hydrogen-bond donors (Lipinski definition) is 0. The van der Waals surface area contributed by atoms with Crippen molar-refractivity contribution in [3.8, 4) is 10.6 Å². The van der Waals surface area contributed by atoms with Crippen molar-refractivity contribution in [3.05, 3.63) is 47.8 Å². The number of hydrogen-bond acceptors (Lipinski definition) is 2. The van der Waals surface area contributed by atoms with E-state index >= 15 is 0 Å². The Hall–Kier alpha value is -1.74. The third kappa shape index (κ3) is 4.66. The predicted octanol–water partition coefficient (Wildman–Crippen LogP) is 5.55. The SMILES string of the molecule is CCCCC[N+](CCCCC)=c1ccc2nc3ccccc3sc-2c1. The Kier molecular flexibility index (Phi) is 6.57. The summed E-state index contributed by atoms with van der Waals surface area (Å²) in [5.74, 6) is 0. The molecule has 1 aliphatic carbocycles. The molecule has 0 spiro atoms. The van der Waals surface area contributed by atoms with E-state index in [2.05, 4.69) is 60.9 Å². The van der Waals surface area contributed by atoms with Gasteiger partial charge in [0.1, 0.15) is 13.1 Å². The van der Waals surface area contributed by atoms with Crippen LogP contribution in [0.4, 0.5) is 0 Å². The van der Waals surface area contributed by atoms with Crippen LogP contribution in [0.25, 0.3) is 20.8 Å². The molecular formula is C22H29N2S+. The molecule has 0 N–H and O–H groups in total. The highest BCUT2D eigenvalue weighted by atomic mass is 32.1. The molecule has 0 saturated carbocycles. The van der Waals surface area contributed by atoms with Crippen LogP contribution in [0.2, 0.25) is 0 Å². The van der Waals surface area contributed by atoms with E-state index in [0.29, 0.717) is 0 Å². The molecule has 1 aliphatic heterocycles. The minimum absolute atomic E-state index is 1.09. The maximum atomic E-state index is 4.82. The molecule has 1 heterocycles. The lowest BCUT2D eigenvalue weighted by atomic mass is 10.2. The first kappa shape index (κ1) is 18.1. The molecule has 0 radical (unpaired) electrons. The molecule has 3 heteroatoms. The zero-order valence-corrected chi connectivity index (χ0v) is 16.3. The van der Waals surface area contributed by atoms with Gasteiger partial charge in [0, 0.05) is 25.0 Å². The Balaban J connectivity index is 2.00. The number of unbranched alkanes of at least 4 members (excludes halogenated alkanes) is 4. The lowest BCUT2D eigenvalue weighted by Gasteiger charge is -2.07. The maximum Gasteiger partial charge on any atom is 0.201 e. The fourth-order valence-corrected chi connectivity index (χ4v) is 4.23. The molecule has 0 aromatic heterocycles. The molecule has 132 valence electrons. The summed E-state index contributed by atoms with van der Waals surface area (Å²) in [4.78, 5) is 6.11. The Morgan fingerprint density at radius 2 is 1.60 bits per heavy atom. The van der Waals surface area contributed by atoms with Gasteiger partial charge in [0.05, 0.1) is 20.8 Å². The number of nitrogens with zero attached hydrogens (tertiary/aromatic N) is 2. The molecule has 0 amide bonds. The highest BCUT2D eigenvalue weighted by Gasteiger charge is 2.11. The van der Waals surface area contributed by atoms with Gasteiger partial charge in [-0.3, -0.25) is 0 Å². The minimum Gasteiger partial charge on any atom is -0.246 e. The summed E-state index contributed by atoms with van der Waals surface area (Å²) in [6, 6.07) is 15.2. The highest BCUT2D eigenvalue weighted by molar-refractivity contribution is 7.21. The first-order valence-electron chi connectivity index (χ1n) is 9.69. The van der Waals surface area contributed by atoms with Crippen LogP contribution in [0, 0.1) is 0 Å². The summed E-state index contributed by atoms with van der Waals surface area (Å²) in [7, 11) is 0. The highest BCUT2D eigenvalue weighted by Crippen LogP contribution is 2.28. The number of aromatic nitrogens is 1. The van der Waals surface area contributed by atoms with E-state index in [-0.39, 0.29) is 0 Å². The fourth-order valence-electron chi connectivity index (χ4n) is 3.23. The second kappa shape index (κ2) is 9.10. The van der Waals surface area contributed by atoms with Gasteiger partial charge in [0.15, 0.2) is 0 Å². The summed E-state index contributed by atoms with van der Waals surface area (Å²) in [5.41, 5.74) is 2.20. The Bertz CT molecular complexity index is 838. The van der Waals surface area contributed by atoms with Crippen molar-refractivity contribution >= 4 is 21.6 Å². The van der Waals surface area contributed by atoms with Crippen molar-refractivity contribution in [1.82, 2.24) is 9.56 Å². The van der Waals surface area contributed by atoms with Crippen LogP contribution < -0.4 is 9.93 Å². The zero-order chi connectivity index (χ0) is 17.5. The molecule has 0 unspecified atom stereocenters. The minimum atomic E-state index is 1.09. The van der Waals surface area contributed by atoms with Gasteiger partial charge < -0.3 is 0 Å². The lowest BCUT2D eigenvalue weighted by Crippen LogP contribution is -2.32.